The Hall–Kier alpha value is -1.08. The number of carboxylic acids is 1. The third-order valence-corrected chi connectivity index (χ3v) is 3.40. The van der Waals surface area contributed by atoms with Gasteiger partial charge in [-0.3, -0.25) is 4.90 Å². The van der Waals surface area contributed by atoms with Crippen LogP contribution in [0.1, 0.15) is 28.4 Å². The van der Waals surface area contributed by atoms with Gasteiger partial charge in [-0.15, -0.1) is 11.3 Å². The van der Waals surface area contributed by atoms with Gasteiger partial charge in [-0.05, 0) is 26.0 Å². The van der Waals surface area contributed by atoms with Gasteiger partial charge in [-0.1, -0.05) is 0 Å². The van der Waals surface area contributed by atoms with Gasteiger partial charge in [-0.2, -0.15) is 13.2 Å². The number of alkyl halides is 3. The maximum absolute atomic E-state index is 12.4. The van der Waals surface area contributed by atoms with Crippen molar-refractivity contribution < 1.29 is 23.1 Å². The van der Waals surface area contributed by atoms with Crippen LogP contribution >= 0.6 is 11.3 Å². The van der Waals surface area contributed by atoms with Crippen LogP contribution in [0.25, 0.3) is 0 Å². The summed E-state index contributed by atoms with van der Waals surface area (Å²) in [6.07, 6.45) is -4.25. The molecule has 0 aliphatic rings. The second-order valence-electron chi connectivity index (χ2n) is 4.19. The second kappa shape index (κ2) is 5.71. The fourth-order valence-electron chi connectivity index (χ4n) is 1.43. The maximum atomic E-state index is 12.4. The maximum Gasteiger partial charge on any atom is 0.401 e. The van der Waals surface area contributed by atoms with Gasteiger partial charge in [0.1, 0.15) is 4.88 Å². The van der Waals surface area contributed by atoms with Crippen molar-refractivity contribution in [1.82, 2.24) is 4.90 Å². The molecule has 0 aromatic carbocycles. The SMILES string of the molecule is CC(C)N(Cc1ccc(C(=O)O)s1)CC(F)(F)F. The molecule has 102 valence electrons. The van der Waals surface area contributed by atoms with Crippen LogP contribution in [0.5, 0.6) is 0 Å². The van der Waals surface area contributed by atoms with Gasteiger partial charge in [-0.25, -0.2) is 4.79 Å². The van der Waals surface area contributed by atoms with E-state index in [0.717, 1.165) is 11.3 Å². The summed E-state index contributed by atoms with van der Waals surface area (Å²) in [6, 6.07) is 2.70. The Morgan fingerprint density at radius 3 is 2.44 bits per heavy atom. The summed E-state index contributed by atoms with van der Waals surface area (Å²) in [4.78, 5) is 12.7. The largest absolute Gasteiger partial charge is 0.477 e. The van der Waals surface area contributed by atoms with E-state index >= 15 is 0 Å². The van der Waals surface area contributed by atoms with Gasteiger partial charge in [0, 0.05) is 17.5 Å². The smallest absolute Gasteiger partial charge is 0.401 e. The summed E-state index contributed by atoms with van der Waals surface area (Å²) >= 11 is 1.00. The first-order chi connectivity index (χ1) is 8.19. The summed E-state index contributed by atoms with van der Waals surface area (Å²) < 4.78 is 37.1. The van der Waals surface area contributed by atoms with Crippen LogP contribution in [-0.4, -0.2) is 34.7 Å². The summed E-state index contributed by atoms with van der Waals surface area (Å²) in [5.74, 6) is -1.06. The Kier molecular flexibility index (Phi) is 4.75. The average molecular weight is 281 g/mol. The standard InChI is InChI=1S/C11H14F3NO2S/c1-7(2)15(6-11(12,13)14)5-8-3-4-9(18-8)10(16)17/h3-4,7H,5-6H2,1-2H3,(H,16,17). The molecule has 0 aliphatic heterocycles. The third kappa shape index (κ3) is 4.66. The molecule has 0 unspecified atom stereocenters. The van der Waals surface area contributed by atoms with Crippen molar-refractivity contribution in [3.05, 3.63) is 21.9 Å². The molecule has 3 nitrogen and oxygen atoms in total. The number of hydrogen-bond acceptors (Lipinski definition) is 3. The Balaban J connectivity index is 2.74. The van der Waals surface area contributed by atoms with Crippen LogP contribution < -0.4 is 0 Å². The monoisotopic (exact) mass is 281 g/mol. The zero-order valence-corrected chi connectivity index (χ0v) is 10.8. The van der Waals surface area contributed by atoms with E-state index in [-0.39, 0.29) is 17.5 Å². The summed E-state index contributed by atoms with van der Waals surface area (Å²) in [7, 11) is 0. The van der Waals surface area contributed by atoms with E-state index in [1.165, 1.54) is 11.0 Å². The zero-order chi connectivity index (χ0) is 13.9. The van der Waals surface area contributed by atoms with Gasteiger partial charge in [0.25, 0.3) is 0 Å². The van der Waals surface area contributed by atoms with Crippen molar-refractivity contribution in [2.24, 2.45) is 0 Å². The third-order valence-electron chi connectivity index (χ3n) is 2.34. The van der Waals surface area contributed by atoms with Crippen molar-refractivity contribution >= 4 is 17.3 Å². The van der Waals surface area contributed by atoms with Gasteiger partial charge in [0.15, 0.2) is 0 Å². The molecule has 18 heavy (non-hydrogen) atoms. The molecule has 0 atom stereocenters. The fraction of sp³-hybridized carbons (Fsp3) is 0.545. The molecule has 0 saturated heterocycles. The molecule has 0 aliphatic carbocycles. The van der Waals surface area contributed by atoms with Crippen LogP contribution in [0.2, 0.25) is 0 Å². The van der Waals surface area contributed by atoms with E-state index in [4.69, 9.17) is 5.11 Å². The van der Waals surface area contributed by atoms with Crippen molar-refractivity contribution in [2.45, 2.75) is 32.6 Å². The Morgan fingerprint density at radius 2 is 2.06 bits per heavy atom. The molecule has 1 heterocycles. The first-order valence-corrected chi connectivity index (χ1v) is 6.13. The Morgan fingerprint density at radius 1 is 1.44 bits per heavy atom. The lowest BCUT2D eigenvalue weighted by atomic mass is 10.3. The molecule has 0 spiro atoms. The highest BCUT2D eigenvalue weighted by atomic mass is 32.1. The summed E-state index contributed by atoms with van der Waals surface area (Å²) in [5.41, 5.74) is 0. The van der Waals surface area contributed by atoms with Crippen molar-refractivity contribution in [2.75, 3.05) is 6.54 Å². The first kappa shape index (κ1) is 15.0. The van der Waals surface area contributed by atoms with E-state index in [0.29, 0.717) is 4.88 Å². The molecule has 0 fully saturated rings. The van der Waals surface area contributed by atoms with Gasteiger partial charge >= 0.3 is 12.1 Å². The van der Waals surface area contributed by atoms with Crippen LogP contribution in [0.15, 0.2) is 12.1 Å². The molecular weight excluding hydrogens is 267 g/mol. The van der Waals surface area contributed by atoms with Crippen LogP contribution in [0.4, 0.5) is 13.2 Å². The number of halogens is 3. The predicted molar refractivity (Wildman–Crippen MR) is 62.9 cm³/mol. The van der Waals surface area contributed by atoms with Gasteiger partial charge in [0.2, 0.25) is 0 Å². The van der Waals surface area contributed by atoms with E-state index in [1.807, 2.05) is 0 Å². The molecule has 0 radical (unpaired) electrons. The molecule has 1 rings (SSSR count). The van der Waals surface area contributed by atoms with Crippen LogP contribution in [0.3, 0.4) is 0 Å². The van der Waals surface area contributed by atoms with Gasteiger partial charge in [0.05, 0.1) is 6.54 Å². The molecule has 1 aromatic rings. The quantitative estimate of drug-likeness (QED) is 0.901. The minimum absolute atomic E-state index is 0.106. The van der Waals surface area contributed by atoms with E-state index in [9.17, 15) is 18.0 Å². The van der Waals surface area contributed by atoms with Crippen LogP contribution in [-0.2, 0) is 6.54 Å². The number of hydrogen-bond donors (Lipinski definition) is 1. The topological polar surface area (TPSA) is 40.5 Å². The first-order valence-electron chi connectivity index (χ1n) is 5.32. The summed E-state index contributed by atoms with van der Waals surface area (Å²) in [5, 5.41) is 8.74. The highest BCUT2D eigenvalue weighted by molar-refractivity contribution is 7.13. The molecule has 1 N–H and O–H groups in total. The van der Waals surface area contributed by atoms with Crippen molar-refractivity contribution in [3.8, 4) is 0 Å². The van der Waals surface area contributed by atoms with Crippen molar-refractivity contribution in [3.63, 3.8) is 0 Å². The van der Waals surface area contributed by atoms with Gasteiger partial charge < -0.3 is 5.11 Å². The molecule has 0 saturated carbocycles. The molecule has 1 aromatic heterocycles. The average Bonchev–Trinajstić information content (AvgIpc) is 2.63. The zero-order valence-electron chi connectivity index (χ0n) is 9.99. The van der Waals surface area contributed by atoms with E-state index in [2.05, 4.69) is 0 Å². The number of carbonyl (C=O) groups is 1. The van der Waals surface area contributed by atoms with E-state index in [1.54, 1.807) is 19.9 Å². The number of carboxylic acid groups (broad SMARTS) is 1. The Labute approximate surface area is 107 Å². The summed E-state index contributed by atoms with van der Waals surface area (Å²) in [6.45, 7) is 2.47. The fourth-order valence-corrected chi connectivity index (χ4v) is 2.30. The predicted octanol–water partition coefficient (Wildman–Crippen LogP) is 3.22. The number of rotatable bonds is 5. The molecular formula is C11H14F3NO2S. The van der Waals surface area contributed by atoms with E-state index < -0.39 is 18.7 Å². The second-order valence-corrected chi connectivity index (χ2v) is 5.35. The highest BCUT2D eigenvalue weighted by Crippen LogP contribution is 2.23. The lowest BCUT2D eigenvalue weighted by molar-refractivity contribution is -0.150. The molecule has 7 heteroatoms. The normalized spacial score (nSPS) is 12.4. The lowest BCUT2D eigenvalue weighted by Gasteiger charge is -2.26. The highest BCUT2D eigenvalue weighted by Gasteiger charge is 2.31. The number of aromatic carboxylic acids is 1. The minimum atomic E-state index is -4.25. The van der Waals surface area contributed by atoms with Crippen LogP contribution in [0, 0.1) is 0 Å². The molecule has 0 bridgehead atoms. The number of nitrogens with zero attached hydrogens (tertiary/aromatic N) is 1. The Bertz CT molecular complexity index is 415. The molecule has 0 amide bonds. The minimum Gasteiger partial charge on any atom is -0.477 e. The lowest BCUT2D eigenvalue weighted by Crippen LogP contribution is -2.38. The van der Waals surface area contributed by atoms with Crippen molar-refractivity contribution in [1.29, 1.82) is 0 Å². The number of thiophene rings is 1.